The maximum atomic E-state index is 13.5. The highest BCUT2D eigenvalue weighted by molar-refractivity contribution is 6.18. The second kappa shape index (κ2) is 6.30. The number of carbonyl (C=O) groups is 1. The van der Waals surface area contributed by atoms with Crippen molar-refractivity contribution >= 4 is 17.5 Å². The summed E-state index contributed by atoms with van der Waals surface area (Å²) in [6, 6.07) is 3.57. The Morgan fingerprint density at radius 2 is 2.11 bits per heavy atom. The molecule has 0 bridgehead atoms. The van der Waals surface area contributed by atoms with Gasteiger partial charge in [0.15, 0.2) is 0 Å². The van der Waals surface area contributed by atoms with E-state index in [9.17, 15) is 13.6 Å². The van der Waals surface area contributed by atoms with Gasteiger partial charge in [-0.25, -0.2) is 8.78 Å². The molecule has 3 nitrogen and oxygen atoms in total. The number of alkyl halides is 1. The summed E-state index contributed by atoms with van der Waals surface area (Å²) in [5.74, 6) is -1.42. The number of benzene rings is 1. The quantitative estimate of drug-likeness (QED) is 0.796. The number of carbonyl (C=O) groups excluding carboxylic acids is 1. The lowest BCUT2D eigenvalue weighted by molar-refractivity contribution is -0.137. The molecule has 1 aliphatic heterocycles. The van der Waals surface area contributed by atoms with Crippen LogP contribution in [-0.2, 0) is 16.0 Å². The van der Waals surface area contributed by atoms with Crippen molar-refractivity contribution in [1.29, 1.82) is 0 Å². The Morgan fingerprint density at radius 1 is 1.42 bits per heavy atom. The van der Waals surface area contributed by atoms with Crippen LogP contribution in [-0.4, -0.2) is 42.5 Å². The topological polar surface area (TPSA) is 29.5 Å². The van der Waals surface area contributed by atoms with Crippen molar-refractivity contribution in [3.05, 3.63) is 35.4 Å². The summed E-state index contributed by atoms with van der Waals surface area (Å²) >= 11 is 5.68. The van der Waals surface area contributed by atoms with E-state index in [0.29, 0.717) is 19.7 Å². The normalized spacial score (nSPS) is 19.5. The Balaban J connectivity index is 2.04. The number of amides is 1. The number of halogens is 3. The zero-order valence-corrected chi connectivity index (χ0v) is 11.0. The van der Waals surface area contributed by atoms with Gasteiger partial charge in [-0.05, 0) is 12.1 Å². The van der Waals surface area contributed by atoms with E-state index in [0.717, 1.165) is 12.1 Å². The minimum Gasteiger partial charge on any atom is -0.373 e. The maximum Gasteiger partial charge on any atom is 0.227 e. The molecule has 1 fully saturated rings. The fourth-order valence-corrected chi connectivity index (χ4v) is 2.19. The van der Waals surface area contributed by atoms with Crippen molar-refractivity contribution in [2.75, 3.05) is 25.6 Å². The minimum absolute atomic E-state index is 0.193. The van der Waals surface area contributed by atoms with Crippen LogP contribution in [0.1, 0.15) is 5.56 Å². The molecule has 0 aliphatic carbocycles. The molecule has 104 valence electrons. The van der Waals surface area contributed by atoms with Crippen LogP contribution in [0.25, 0.3) is 0 Å². The Kier molecular flexibility index (Phi) is 4.71. The molecule has 0 saturated carbocycles. The van der Waals surface area contributed by atoms with Crippen LogP contribution in [0.15, 0.2) is 18.2 Å². The number of morpholine rings is 1. The molecule has 6 heteroatoms. The van der Waals surface area contributed by atoms with Crippen LogP contribution in [0.5, 0.6) is 0 Å². The Bertz CT molecular complexity index is 450. The van der Waals surface area contributed by atoms with Crippen molar-refractivity contribution in [1.82, 2.24) is 4.90 Å². The predicted octanol–water partition coefficient (Wildman–Crippen LogP) is 1.97. The first-order chi connectivity index (χ1) is 9.11. The first-order valence-electron chi connectivity index (χ1n) is 6.00. The summed E-state index contributed by atoms with van der Waals surface area (Å²) < 4.78 is 32.3. The summed E-state index contributed by atoms with van der Waals surface area (Å²) in [5, 5.41) is 0. The van der Waals surface area contributed by atoms with Crippen LogP contribution in [0.2, 0.25) is 0 Å². The van der Waals surface area contributed by atoms with Gasteiger partial charge in [-0.3, -0.25) is 4.79 Å². The van der Waals surface area contributed by atoms with Crippen molar-refractivity contribution in [2.45, 2.75) is 12.5 Å². The van der Waals surface area contributed by atoms with E-state index in [2.05, 4.69) is 0 Å². The molecule has 0 N–H and O–H groups in total. The molecule has 1 saturated heterocycles. The van der Waals surface area contributed by atoms with E-state index in [1.165, 1.54) is 11.0 Å². The molecule has 1 heterocycles. The molecular weight excluding hydrogens is 276 g/mol. The van der Waals surface area contributed by atoms with Gasteiger partial charge in [0, 0.05) is 18.7 Å². The zero-order valence-electron chi connectivity index (χ0n) is 10.2. The van der Waals surface area contributed by atoms with Gasteiger partial charge in [0.1, 0.15) is 11.6 Å². The summed E-state index contributed by atoms with van der Waals surface area (Å²) in [7, 11) is 0. The SMILES string of the molecule is O=C(Cc1c(F)cccc1F)N1CCOC(CCl)C1. The van der Waals surface area contributed by atoms with Crippen LogP contribution in [0.3, 0.4) is 0 Å². The van der Waals surface area contributed by atoms with E-state index in [-0.39, 0.29) is 29.9 Å². The molecule has 0 aromatic heterocycles. The molecule has 1 atom stereocenters. The van der Waals surface area contributed by atoms with Gasteiger partial charge in [0.05, 0.1) is 25.0 Å². The fourth-order valence-electron chi connectivity index (χ4n) is 2.00. The van der Waals surface area contributed by atoms with Gasteiger partial charge < -0.3 is 9.64 Å². The number of hydrogen-bond donors (Lipinski definition) is 0. The van der Waals surface area contributed by atoms with E-state index < -0.39 is 11.6 Å². The van der Waals surface area contributed by atoms with Gasteiger partial charge in [-0.2, -0.15) is 0 Å². The first kappa shape index (κ1) is 14.2. The maximum absolute atomic E-state index is 13.5. The van der Waals surface area contributed by atoms with E-state index in [4.69, 9.17) is 16.3 Å². The Labute approximate surface area is 115 Å². The third-order valence-electron chi connectivity index (χ3n) is 3.05. The second-order valence-electron chi connectivity index (χ2n) is 4.36. The lowest BCUT2D eigenvalue weighted by atomic mass is 10.1. The highest BCUT2D eigenvalue weighted by atomic mass is 35.5. The molecule has 1 aromatic carbocycles. The fraction of sp³-hybridized carbons (Fsp3) is 0.462. The standard InChI is InChI=1S/C13H14ClF2NO2/c14-7-9-8-17(4-5-19-9)13(18)6-10-11(15)2-1-3-12(10)16/h1-3,9H,4-8H2. The number of rotatable bonds is 3. The van der Waals surface area contributed by atoms with E-state index in [1.54, 1.807) is 0 Å². The summed E-state index contributed by atoms with van der Waals surface area (Å²) in [4.78, 5) is 13.6. The van der Waals surface area contributed by atoms with Crippen LogP contribution >= 0.6 is 11.6 Å². The van der Waals surface area contributed by atoms with Crippen LogP contribution in [0, 0.1) is 11.6 Å². The average Bonchev–Trinajstić information content (AvgIpc) is 2.43. The molecular formula is C13H14ClF2NO2. The molecule has 0 radical (unpaired) electrons. The van der Waals surface area contributed by atoms with Gasteiger partial charge in [-0.15, -0.1) is 11.6 Å². The summed E-state index contributed by atoms with van der Waals surface area (Å²) in [5.41, 5.74) is -0.193. The Morgan fingerprint density at radius 3 is 2.74 bits per heavy atom. The number of nitrogens with zero attached hydrogens (tertiary/aromatic N) is 1. The first-order valence-corrected chi connectivity index (χ1v) is 6.53. The van der Waals surface area contributed by atoms with Crippen LogP contribution in [0.4, 0.5) is 8.78 Å². The van der Waals surface area contributed by atoms with Gasteiger partial charge >= 0.3 is 0 Å². The highest BCUT2D eigenvalue weighted by Gasteiger charge is 2.25. The largest absolute Gasteiger partial charge is 0.373 e. The molecule has 1 aliphatic rings. The van der Waals surface area contributed by atoms with E-state index in [1.807, 2.05) is 0 Å². The molecule has 2 rings (SSSR count). The van der Waals surface area contributed by atoms with Crippen molar-refractivity contribution in [2.24, 2.45) is 0 Å². The molecule has 0 spiro atoms. The predicted molar refractivity (Wildman–Crippen MR) is 67.1 cm³/mol. The Hall–Kier alpha value is -1.20. The van der Waals surface area contributed by atoms with E-state index >= 15 is 0 Å². The average molecular weight is 290 g/mol. The number of ether oxygens (including phenoxy) is 1. The minimum atomic E-state index is -0.699. The van der Waals surface area contributed by atoms with Crippen LogP contribution < -0.4 is 0 Å². The van der Waals surface area contributed by atoms with Gasteiger partial charge in [0.2, 0.25) is 5.91 Å². The lowest BCUT2D eigenvalue weighted by Crippen LogP contribution is -2.46. The summed E-state index contributed by atoms with van der Waals surface area (Å²) in [6.07, 6.45) is -0.502. The third kappa shape index (κ3) is 3.42. The van der Waals surface area contributed by atoms with Gasteiger partial charge in [-0.1, -0.05) is 6.07 Å². The second-order valence-corrected chi connectivity index (χ2v) is 4.67. The van der Waals surface area contributed by atoms with Gasteiger partial charge in [0.25, 0.3) is 0 Å². The monoisotopic (exact) mass is 289 g/mol. The molecule has 1 unspecified atom stereocenters. The zero-order chi connectivity index (χ0) is 13.8. The number of hydrogen-bond acceptors (Lipinski definition) is 2. The molecule has 1 aromatic rings. The summed E-state index contributed by atoms with van der Waals surface area (Å²) in [6.45, 7) is 1.17. The van der Waals surface area contributed by atoms with Crippen molar-refractivity contribution in [3.63, 3.8) is 0 Å². The molecule has 19 heavy (non-hydrogen) atoms. The highest BCUT2D eigenvalue weighted by Crippen LogP contribution is 2.15. The molecule has 1 amide bonds. The van der Waals surface area contributed by atoms with Crippen molar-refractivity contribution in [3.8, 4) is 0 Å². The lowest BCUT2D eigenvalue weighted by Gasteiger charge is -2.32. The smallest absolute Gasteiger partial charge is 0.227 e. The third-order valence-corrected chi connectivity index (χ3v) is 3.40. The van der Waals surface area contributed by atoms with Crippen molar-refractivity contribution < 1.29 is 18.3 Å².